The SMILES string of the molecule is CCNC(=NCc1ccco1)NCCCc1cn(-c2ccccc2)nc1C.I. The molecule has 0 aliphatic carbocycles. The highest BCUT2D eigenvalue weighted by Gasteiger charge is 2.06. The lowest BCUT2D eigenvalue weighted by Gasteiger charge is -2.10. The minimum atomic E-state index is 0. The summed E-state index contributed by atoms with van der Waals surface area (Å²) in [5.74, 6) is 1.67. The molecule has 3 rings (SSSR count). The molecule has 0 unspecified atom stereocenters. The van der Waals surface area contributed by atoms with E-state index in [2.05, 4.69) is 52.9 Å². The fourth-order valence-electron chi connectivity index (χ4n) is 2.84. The molecule has 0 saturated heterocycles. The minimum Gasteiger partial charge on any atom is -0.467 e. The van der Waals surface area contributed by atoms with Crippen molar-refractivity contribution in [2.75, 3.05) is 13.1 Å². The highest BCUT2D eigenvalue weighted by molar-refractivity contribution is 14.0. The number of halogens is 1. The Morgan fingerprint density at radius 3 is 2.68 bits per heavy atom. The average molecular weight is 493 g/mol. The van der Waals surface area contributed by atoms with Gasteiger partial charge in [0.05, 0.1) is 17.6 Å². The van der Waals surface area contributed by atoms with E-state index in [4.69, 9.17) is 4.42 Å². The van der Waals surface area contributed by atoms with Crippen LogP contribution >= 0.6 is 24.0 Å². The van der Waals surface area contributed by atoms with Crippen LogP contribution in [0, 0.1) is 6.92 Å². The number of aliphatic imine (C=N–C) groups is 1. The molecule has 0 spiro atoms. The molecule has 0 atom stereocenters. The zero-order valence-electron chi connectivity index (χ0n) is 16.4. The highest BCUT2D eigenvalue weighted by Crippen LogP contribution is 2.13. The zero-order chi connectivity index (χ0) is 18.9. The summed E-state index contributed by atoms with van der Waals surface area (Å²) in [4.78, 5) is 4.55. The summed E-state index contributed by atoms with van der Waals surface area (Å²) in [7, 11) is 0. The summed E-state index contributed by atoms with van der Waals surface area (Å²) in [6.07, 6.45) is 5.78. The van der Waals surface area contributed by atoms with Gasteiger partial charge in [-0.25, -0.2) is 9.67 Å². The molecule has 28 heavy (non-hydrogen) atoms. The van der Waals surface area contributed by atoms with Crippen LogP contribution in [-0.2, 0) is 13.0 Å². The van der Waals surface area contributed by atoms with Gasteiger partial charge in [0.25, 0.3) is 0 Å². The van der Waals surface area contributed by atoms with E-state index in [-0.39, 0.29) is 24.0 Å². The van der Waals surface area contributed by atoms with Gasteiger partial charge in [-0.2, -0.15) is 5.10 Å². The van der Waals surface area contributed by atoms with E-state index in [1.54, 1.807) is 6.26 Å². The second kappa shape index (κ2) is 11.5. The molecule has 2 N–H and O–H groups in total. The molecule has 2 aromatic heterocycles. The molecule has 6 nitrogen and oxygen atoms in total. The predicted octanol–water partition coefficient (Wildman–Crippen LogP) is 4.08. The molecular formula is C21H28IN5O. The first-order valence-electron chi connectivity index (χ1n) is 9.41. The topological polar surface area (TPSA) is 67.4 Å². The molecule has 7 heteroatoms. The molecule has 0 saturated carbocycles. The third-order valence-electron chi connectivity index (χ3n) is 4.25. The third-order valence-corrected chi connectivity index (χ3v) is 4.25. The maximum absolute atomic E-state index is 5.33. The van der Waals surface area contributed by atoms with Gasteiger partial charge in [0.1, 0.15) is 12.3 Å². The van der Waals surface area contributed by atoms with Crippen molar-refractivity contribution in [3.05, 3.63) is 71.9 Å². The average Bonchev–Trinajstić information content (AvgIpc) is 3.34. The number of aromatic nitrogens is 2. The molecule has 150 valence electrons. The first kappa shape index (κ1) is 22.0. The molecule has 0 amide bonds. The molecular weight excluding hydrogens is 465 g/mol. The number of rotatable bonds is 8. The fraction of sp³-hybridized carbons (Fsp3) is 0.333. The van der Waals surface area contributed by atoms with Crippen molar-refractivity contribution in [3.8, 4) is 5.69 Å². The Labute approximate surface area is 183 Å². The Hall–Kier alpha value is -2.29. The van der Waals surface area contributed by atoms with Gasteiger partial charge in [-0.3, -0.25) is 0 Å². The second-order valence-corrected chi connectivity index (χ2v) is 6.32. The van der Waals surface area contributed by atoms with E-state index >= 15 is 0 Å². The summed E-state index contributed by atoms with van der Waals surface area (Å²) in [6, 6.07) is 14.0. The fourth-order valence-corrected chi connectivity index (χ4v) is 2.84. The van der Waals surface area contributed by atoms with Gasteiger partial charge in [-0.15, -0.1) is 24.0 Å². The van der Waals surface area contributed by atoms with Crippen LogP contribution in [0.4, 0.5) is 0 Å². The van der Waals surface area contributed by atoms with E-state index < -0.39 is 0 Å². The number of aryl methyl sites for hydroxylation is 2. The molecule has 1 aromatic carbocycles. The van der Waals surface area contributed by atoms with Crippen LogP contribution in [0.3, 0.4) is 0 Å². The van der Waals surface area contributed by atoms with Gasteiger partial charge in [0, 0.05) is 19.3 Å². The van der Waals surface area contributed by atoms with E-state index in [0.29, 0.717) is 6.54 Å². The Bertz CT molecular complexity index is 843. The molecule has 0 bridgehead atoms. The number of benzene rings is 1. The Morgan fingerprint density at radius 2 is 1.96 bits per heavy atom. The number of hydrogen-bond donors (Lipinski definition) is 2. The van der Waals surface area contributed by atoms with Gasteiger partial charge in [-0.05, 0) is 56.5 Å². The number of guanidine groups is 1. The molecule has 3 aromatic rings. The number of nitrogens with one attached hydrogen (secondary N) is 2. The van der Waals surface area contributed by atoms with Crippen LogP contribution in [0.1, 0.15) is 30.4 Å². The zero-order valence-corrected chi connectivity index (χ0v) is 18.7. The summed E-state index contributed by atoms with van der Waals surface area (Å²) in [5, 5.41) is 11.3. The van der Waals surface area contributed by atoms with Crippen LogP contribution in [0.25, 0.3) is 5.69 Å². The second-order valence-electron chi connectivity index (χ2n) is 6.32. The van der Waals surface area contributed by atoms with Gasteiger partial charge >= 0.3 is 0 Å². The smallest absolute Gasteiger partial charge is 0.191 e. The Morgan fingerprint density at radius 1 is 1.14 bits per heavy atom. The first-order valence-corrected chi connectivity index (χ1v) is 9.41. The molecule has 0 aliphatic heterocycles. The van der Waals surface area contributed by atoms with Gasteiger partial charge in [0.15, 0.2) is 5.96 Å². The number of nitrogens with zero attached hydrogens (tertiary/aromatic N) is 3. The van der Waals surface area contributed by atoms with Crippen molar-refractivity contribution in [2.45, 2.75) is 33.2 Å². The summed E-state index contributed by atoms with van der Waals surface area (Å²) < 4.78 is 7.28. The van der Waals surface area contributed by atoms with Crippen molar-refractivity contribution < 1.29 is 4.42 Å². The van der Waals surface area contributed by atoms with Crippen molar-refractivity contribution in [2.24, 2.45) is 4.99 Å². The molecule has 0 fully saturated rings. The lowest BCUT2D eigenvalue weighted by molar-refractivity contribution is 0.512. The monoisotopic (exact) mass is 493 g/mol. The Kier molecular flexibility index (Phi) is 9.06. The van der Waals surface area contributed by atoms with Crippen molar-refractivity contribution >= 4 is 29.9 Å². The predicted molar refractivity (Wildman–Crippen MR) is 124 cm³/mol. The quantitative estimate of drug-likeness (QED) is 0.215. The van der Waals surface area contributed by atoms with Crippen LogP contribution in [-0.4, -0.2) is 28.8 Å². The number of para-hydroxylation sites is 1. The lowest BCUT2D eigenvalue weighted by atomic mass is 10.1. The summed E-state index contributed by atoms with van der Waals surface area (Å²) >= 11 is 0. The molecule has 0 radical (unpaired) electrons. The lowest BCUT2D eigenvalue weighted by Crippen LogP contribution is -2.37. The highest BCUT2D eigenvalue weighted by atomic mass is 127. The van der Waals surface area contributed by atoms with E-state index in [1.807, 2.05) is 35.0 Å². The standard InChI is InChI=1S/C21H27N5O.HI/c1-3-22-21(24-15-20-12-8-14-27-20)23-13-7-9-18-16-26(25-17(18)2)19-10-5-4-6-11-19;/h4-6,8,10-12,14,16H,3,7,9,13,15H2,1-2H3,(H2,22,23,24);1H. The van der Waals surface area contributed by atoms with Crippen LogP contribution in [0.15, 0.2) is 64.3 Å². The summed E-state index contributed by atoms with van der Waals surface area (Å²) in [6.45, 7) is 6.33. The van der Waals surface area contributed by atoms with Gasteiger partial charge < -0.3 is 15.1 Å². The summed E-state index contributed by atoms with van der Waals surface area (Å²) in [5.41, 5.74) is 3.44. The maximum Gasteiger partial charge on any atom is 0.191 e. The van der Waals surface area contributed by atoms with Gasteiger partial charge in [-0.1, -0.05) is 18.2 Å². The largest absolute Gasteiger partial charge is 0.467 e. The van der Waals surface area contributed by atoms with Crippen molar-refractivity contribution in [1.29, 1.82) is 0 Å². The Balaban J connectivity index is 0.00000280. The van der Waals surface area contributed by atoms with Crippen molar-refractivity contribution in [3.63, 3.8) is 0 Å². The first-order chi connectivity index (χ1) is 13.3. The molecule has 2 heterocycles. The van der Waals surface area contributed by atoms with Crippen LogP contribution in [0.5, 0.6) is 0 Å². The maximum atomic E-state index is 5.33. The van der Waals surface area contributed by atoms with E-state index in [0.717, 1.165) is 49.0 Å². The normalized spacial score (nSPS) is 11.1. The number of hydrogen-bond acceptors (Lipinski definition) is 3. The van der Waals surface area contributed by atoms with Crippen LogP contribution in [0.2, 0.25) is 0 Å². The minimum absolute atomic E-state index is 0. The third kappa shape index (κ3) is 6.40. The number of furan rings is 1. The van der Waals surface area contributed by atoms with Crippen LogP contribution < -0.4 is 10.6 Å². The molecule has 0 aliphatic rings. The van der Waals surface area contributed by atoms with Crippen molar-refractivity contribution in [1.82, 2.24) is 20.4 Å². The van der Waals surface area contributed by atoms with Gasteiger partial charge in [0.2, 0.25) is 0 Å². The van der Waals surface area contributed by atoms with E-state index in [1.165, 1.54) is 5.56 Å². The van der Waals surface area contributed by atoms with E-state index in [9.17, 15) is 0 Å².